The fourth-order valence-corrected chi connectivity index (χ4v) is 7.89. The predicted molar refractivity (Wildman–Crippen MR) is 103 cm³/mol. The molecule has 10 atom stereocenters. The molecule has 0 radical (unpaired) electrons. The van der Waals surface area contributed by atoms with Crippen LogP contribution >= 0.6 is 0 Å². The van der Waals surface area contributed by atoms with Gasteiger partial charge in [0.25, 0.3) is 0 Å². The summed E-state index contributed by atoms with van der Waals surface area (Å²) in [7, 11) is 0. The normalized spacial score (nSPS) is 56.6. The van der Waals surface area contributed by atoms with Gasteiger partial charge >= 0.3 is 5.97 Å². The van der Waals surface area contributed by atoms with Crippen LogP contribution in [0.4, 0.5) is 0 Å². The summed E-state index contributed by atoms with van der Waals surface area (Å²) in [4.78, 5) is 12.5. The molecule has 0 amide bonds. The van der Waals surface area contributed by atoms with Gasteiger partial charge in [0, 0.05) is 23.3 Å². The van der Waals surface area contributed by atoms with Crippen LogP contribution in [0.25, 0.3) is 0 Å². The van der Waals surface area contributed by atoms with E-state index >= 15 is 0 Å². The maximum absolute atomic E-state index is 12.5. The Bertz CT molecular complexity index is 848. The number of fused-ring (bicyclic) bond motifs is 2. The minimum absolute atomic E-state index is 0.0864. The lowest BCUT2D eigenvalue weighted by Crippen LogP contribution is -2.69. The minimum atomic E-state index is -0.750. The van der Waals surface area contributed by atoms with Gasteiger partial charge in [-0.2, -0.15) is 0 Å². The predicted octanol–water partition coefficient (Wildman–Crippen LogP) is 1.89. The third-order valence-electron chi connectivity index (χ3n) is 9.18. The molecular formula is C23H30O6. The van der Waals surface area contributed by atoms with Crippen molar-refractivity contribution in [2.75, 3.05) is 0 Å². The van der Waals surface area contributed by atoms with E-state index in [-0.39, 0.29) is 47.4 Å². The second kappa shape index (κ2) is 5.34. The molecule has 0 aromatic carbocycles. The van der Waals surface area contributed by atoms with Crippen molar-refractivity contribution in [3.8, 4) is 0 Å². The topological polar surface area (TPSA) is 91.8 Å². The molecule has 2 spiro atoms. The van der Waals surface area contributed by atoms with E-state index in [1.165, 1.54) is 0 Å². The highest BCUT2D eigenvalue weighted by Gasteiger charge is 2.94. The number of aliphatic hydroxyl groups excluding tert-OH is 2. The Balaban J connectivity index is 1.46. The monoisotopic (exact) mass is 402 g/mol. The Morgan fingerprint density at radius 3 is 2.76 bits per heavy atom. The van der Waals surface area contributed by atoms with Crippen molar-refractivity contribution in [3.63, 3.8) is 0 Å². The molecule has 3 aliphatic heterocycles. The number of epoxide rings is 2. The molecular weight excluding hydrogens is 372 g/mol. The van der Waals surface area contributed by atoms with Gasteiger partial charge in [0.2, 0.25) is 0 Å². The zero-order chi connectivity index (χ0) is 20.5. The molecule has 2 unspecified atom stereocenters. The number of rotatable bonds is 3. The van der Waals surface area contributed by atoms with Gasteiger partial charge in [0.1, 0.15) is 17.8 Å². The molecule has 3 aliphatic carbocycles. The van der Waals surface area contributed by atoms with Gasteiger partial charge in [-0.3, -0.25) is 0 Å². The highest BCUT2D eigenvalue weighted by atomic mass is 16.7. The van der Waals surface area contributed by atoms with Gasteiger partial charge < -0.3 is 24.4 Å². The number of carbonyl (C=O) groups is 1. The average molecular weight is 402 g/mol. The number of esters is 1. The van der Waals surface area contributed by atoms with Crippen LogP contribution in [0.1, 0.15) is 46.5 Å². The van der Waals surface area contributed by atoms with Crippen LogP contribution in [0.15, 0.2) is 23.8 Å². The third-order valence-corrected chi connectivity index (χ3v) is 9.18. The molecule has 2 saturated carbocycles. The smallest absolute Gasteiger partial charge is 0.334 e. The highest BCUT2D eigenvalue weighted by Crippen LogP contribution is 2.79. The Labute approximate surface area is 170 Å². The summed E-state index contributed by atoms with van der Waals surface area (Å²) < 4.78 is 18.4. The van der Waals surface area contributed by atoms with E-state index in [4.69, 9.17) is 14.2 Å². The summed E-state index contributed by atoms with van der Waals surface area (Å²) >= 11 is 0. The lowest BCUT2D eigenvalue weighted by atomic mass is 9.46. The second-order valence-electron chi connectivity index (χ2n) is 10.5. The molecule has 0 bridgehead atoms. The van der Waals surface area contributed by atoms with Gasteiger partial charge in [-0.25, -0.2) is 4.79 Å². The maximum atomic E-state index is 12.5. The van der Waals surface area contributed by atoms with E-state index in [0.717, 1.165) is 24.0 Å². The van der Waals surface area contributed by atoms with E-state index in [9.17, 15) is 15.0 Å². The van der Waals surface area contributed by atoms with Crippen molar-refractivity contribution in [1.29, 1.82) is 0 Å². The zero-order valence-corrected chi connectivity index (χ0v) is 17.3. The molecule has 6 heteroatoms. The summed E-state index contributed by atoms with van der Waals surface area (Å²) in [6.07, 6.45) is 2.42. The molecule has 2 N–H and O–H groups in total. The van der Waals surface area contributed by atoms with Gasteiger partial charge in [-0.15, -0.1) is 6.58 Å². The minimum Gasteiger partial charge on any atom is -0.454 e. The Morgan fingerprint density at radius 2 is 2.07 bits per heavy atom. The summed E-state index contributed by atoms with van der Waals surface area (Å²) in [6.45, 7) is 10.1. The number of hydrogen-bond donors (Lipinski definition) is 2. The van der Waals surface area contributed by atoms with Gasteiger partial charge in [0.15, 0.2) is 5.60 Å². The first-order valence-corrected chi connectivity index (χ1v) is 11.0. The van der Waals surface area contributed by atoms with Crippen LogP contribution in [0.3, 0.4) is 0 Å². The van der Waals surface area contributed by atoms with E-state index in [0.29, 0.717) is 12.8 Å². The Kier molecular flexibility index (Phi) is 3.41. The number of hydrogen-bond acceptors (Lipinski definition) is 6. The van der Waals surface area contributed by atoms with E-state index in [1.807, 2.05) is 13.8 Å². The molecule has 3 heterocycles. The highest BCUT2D eigenvalue weighted by molar-refractivity contribution is 5.93. The summed E-state index contributed by atoms with van der Waals surface area (Å²) in [6, 6.07) is 0. The summed E-state index contributed by atoms with van der Waals surface area (Å²) in [5.74, 6) is -0.241. The third kappa shape index (κ3) is 1.79. The SMILES string of the molecule is C=CCC1OC(=O)C2=C1[C@@H]1C[C@@H]3O[C@@]34[C@H](O)C(C(C)C)[C@@H](O)[C@@H]3O[C@@]34[C@@]1(C)CC2. The second-order valence-corrected chi connectivity index (χ2v) is 10.5. The molecule has 6 nitrogen and oxygen atoms in total. The molecule has 29 heavy (non-hydrogen) atoms. The van der Waals surface area contributed by atoms with Crippen LogP contribution in [0, 0.1) is 23.2 Å². The van der Waals surface area contributed by atoms with Crippen molar-refractivity contribution in [3.05, 3.63) is 23.8 Å². The Morgan fingerprint density at radius 1 is 1.31 bits per heavy atom. The lowest BCUT2D eigenvalue weighted by Gasteiger charge is -2.55. The molecule has 0 aromatic heterocycles. The fraction of sp³-hybridized carbons (Fsp3) is 0.783. The quantitative estimate of drug-likeness (QED) is 0.426. The molecule has 158 valence electrons. The van der Waals surface area contributed by atoms with Crippen LogP contribution in [-0.4, -0.2) is 57.9 Å². The first kappa shape index (κ1) is 18.6. The van der Waals surface area contributed by atoms with E-state index in [1.54, 1.807) is 6.08 Å². The maximum Gasteiger partial charge on any atom is 0.334 e. The van der Waals surface area contributed by atoms with Gasteiger partial charge in [-0.05, 0) is 36.7 Å². The van der Waals surface area contributed by atoms with Gasteiger partial charge in [-0.1, -0.05) is 26.8 Å². The van der Waals surface area contributed by atoms with Gasteiger partial charge in [0.05, 0.1) is 18.3 Å². The van der Waals surface area contributed by atoms with Crippen molar-refractivity contribution < 1.29 is 29.2 Å². The first-order chi connectivity index (χ1) is 13.7. The largest absolute Gasteiger partial charge is 0.454 e. The standard InChI is InChI=1S/C23H30O6/c1-5-6-13-16-11(20(26)27-13)7-8-21(4)12(16)9-14-22(28-14)18(25)15(10(2)3)17(24)19-23(21,22)29-19/h5,10,12-15,17-19,24-25H,1,6-9H2,2-4H3/t12-,13?,14-,15?,17+,18+,19-,21-,22+,23+/m0/s1. The van der Waals surface area contributed by atoms with Crippen LogP contribution in [0.5, 0.6) is 0 Å². The van der Waals surface area contributed by atoms with Crippen LogP contribution in [-0.2, 0) is 19.0 Å². The number of ether oxygens (including phenoxy) is 3. The molecule has 6 aliphatic rings. The molecule has 6 rings (SSSR count). The first-order valence-electron chi connectivity index (χ1n) is 11.0. The fourth-order valence-electron chi connectivity index (χ4n) is 7.89. The lowest BCUT2D eigenvalue weighted by molar-refractivity contribution is -0.139. The molecule has 2 saturated heterocycles. The van der Waals surface area contributed by atoms with Crippen molar-refractivity contribution in [2.24, 2.45) is 23.2 Å². The van der Waals surface area contributed by atoms with Crippen LogP contribution in [0.2, 0.25) is 0 Å². The molecule has 4 fully saturated rings. The Hall–Kier alpha value is -1.21. The van der Waals surface area contributed by atoms with Crippen molar-refractivity contribution in [2.45, 2.75) is 88.2 Å². The number of aliphatic hydroxyl groups is 2. The van der Waals surface area contributed by atoms with Crippen molar-refractivity contribution >= 4 is 5.97 Å². The zero-order valence-electron chi connectivity index (χ0n) is 17.3. The van der Waals surface area contributed by atoms with Crippen LogP contribution < -0.4 is 0 Å². The summed E-state index contributed by atoms with van der Waals surface area (Å²) in [5.41, 5.74) is 0.165. The average Bonchev–Trinajstić information content (AvgIpc) is 3.53. The van der Waals surface area contributed by atoms with E-state index in [2.05, 4.69) is 13.5 Å². The van der Waals surface area contributed by atoms with Crippen molar-refractivity contribution in [1.82, 2.24) is 0 Å². The molecule has 0 aromatic rings. The van der Waals surface area contributed by atoms with E-state index < -0.39 is 23.4 Å². The summed E-state index contributed by atoms with van der Waals surface area (Å²) in [5, 5.41) is 22.5. The number of carbonyl (C=O) groups excluding carboxylic acids is 1. The number of cyclic esters (lactones) is 1.